The van der Waals surface area contributed by atoms with Crippen molar-refractivity contribution in [2.75, 3.05) is 13.1 Å². The number of carboxylic acid groups (broad SMARTS) is 1. The average molecular weight is 284 g/mol. The van der Waals surface area contributed by atoms with E-state index in [2.05, 4.69) is 28.2 Å². The van der Waals surface area contributed by atoms with Gasteiger partial charge in [0.05, 0.1) is 0 Å². The van der Waals surface area contributed by atoms with Crippen LogP contribution in [-0.2, 0) is 4.79 Å². The van der Waals surface area contributed by atoms with Crippen molar-refractivity contribution in [2.45, 2.75) is 25.4 Å². The number of carboxylic acids is 1. The Morgan fingerprint density at radius 3 is 2.75 bits per heavy atom. The van der Waals surface area contributed by atoms with Crippen molar-refractivity contribution in [1.82, 2.24) is 8.43 Å². The fourth-order valence-electron chi connectivity index (χ4n) is 1.28. The highest BCUT2D eigenvalue weighted by atomic mass is 127. The standard InChI is InChI=1S/C7H13IN2O2/c1-7(2)4-9-3-5(6(11)12)10(7)8/h5,9H,3-4H2,1-2H3,(H,11,12). The molecule has 0 aliphatic carbocycles. The predicted octanol–water partition coefficient (Wildman–Crippen LogP) is 0.473. The van der Waals surface area contributed by atoms with Crippen molar-refractivity contribution < 1.29 is 9.90 Å². The van der Waals surface area contributed by atoms with Crippen LogP contribution in [0.1, 0.15) is 13.8 Å². The van der Waals surface area contributed by atoms with Crippen molar-refractivity contribution in [2.24, 2.45) is 0 Å². The Bertz CT molecular complexity index is 196. The van der Waals surface area contributed by atoms with Crippen molar-refractivity contribution >= 4 is 28.8 Å². The molecule has 5 heteroatoms. The molecule has 0 aromatic heterocycles. The van der Waals surface area contributed by atoms with Crippen LogP contribution in [0.4, 0.5) is 0 Å². The number of piperazine rings is 1. The molecule has 0 bridgehead atoms. The number of nitrogens with one attached hydrogen (secondary N) is 1. The molecular weight excluding hydrogens is 271 g/mol. The lowest BCUT2D eigenvalue weighted by Gasteiger charge is -2.42. The van der Waals surface area contributed by atoms with E-state index in [1.54, 1.807) is 0 Å². The zero-order chi connectivity index (χ0) is 9.35. The first-order chi connectivity index (χ1) is 5.45. The zero-order valence-corrected chi connectivity index (χ0v) is 9.33. The number of nitrogens with zero attached hydrogens (tertiary/aromatic N) is 1. The second-order valence-corrected chi connectivity index (χ2v) is 4.65. The number of aliphatic carboxylic acids is 1. The molecule has 0 radical (unpaired) electrons. The summed E-state index contributed by atoms with van der Waals surface area (Å²) in [6.45, 7) is 5.42. The third-order valence-corrected chi connectivity index (χ3v) is 4.01. The highest BCUT2D eigenvalue weighted by Gasteiger charge is 2.38. The van der Waals surface area contributed by atoms with Gasteiger partial charge in [0.25, 0.3) is 0 Å². The number of carbonyl (C=O) groups is 1. The van der Waals surface area contributed by atoms with Gasteiger partial charge < -0.3 is 10.4 Å². The van der Waals surface area contributed by atoms with E-state index in [1.165, 1.54) is 0 Å². The lowest BCUT2D eigenvalue weighted by molar-refractivity contribution is -0.142. The molecule has 4 nitrogen and oxygen atoms in total. The first-order valence-corrected chi connectivity index (χ1v) is 4.80. The van der Waals surface area contributed by atoms with E-state index in [1.807, 2.05) is 17.0 Å². The van der Waals surface area contributed by atoms with Gasteiger partial charge in [-0.15, -0.1) is 0 Å². The van der Waals surface area contributed by atoms with Crippen LogP contribution in [0.3, 0.4) is 0 Å². The predicted molar refractivity (Wildman–Crippen MR) is 54.2 cm³/mol. The summed E-state index contributed by atoms with van der Waals surface area (Å²) in [6.07, 6.45) is 0. The molecular formula is C7H13IN2O2. The van der Waals surface area contributed by atoms with E-state index in [0.29, 0.717) is 6.54 Å². The van der Waals surface area contributed by atoms with Gasteiger partial charge in [-0.05, 0) is 13.8 Å². The van der Waals surface area contributed by atoms with E-state index in [4.69, 9.17) is 5.11 Å². The van der Waals surface area contributed by atoms with Crippen LogP contribution >= 0.6 is 22.9 Å². The molecule has 0 aromatic rings. The molecule has 1 saturated heterocycles. The van der Waals surface area contributed by atoms with Gasteiger partial charge in [0.15, 0.2) is 0 Å². The molecule has 70 valence electrons. The van der Waals surface area contributed by atoms with Crippen LogP contribution in [-0.4, -0.2) is 38.9 Å². The fourth-order valence-corrected chi connectivity index (χ4v) is 1.88. The Morgan fingerprint density at radius 1 is 1.75 bits per heavy atom. The van der Waals surface area contributed by atoms with Gasteiger partial charge in [-0.1, -0.05) is 0 Å². The molecule has 1 rings (SSSR count). The van der Waals surface area contributed by atoms with Crippen LogP contribution in [0.25, 0.3) is 0 Å². The first-order valence-electron chi connectivity index (χ1n) is 3.84. The molecule has 1 unspecified atom stereocenters. The summed E-state index contributed by atoms with van der Waals surface area (Å²) >= 11 is 2.09. The summed E-state index contributed by atoms with van der Waals surface area (Å²) < 4.78 is 1.88. The third-order valence-electron chi connectivity index (χ3n) is 2.03. The zero-order valence-electron chi connectivity index (χ0n) is 7.17. The minimum Gasteiger partial charge on any atom is -0.480 e. The Hall–Kier alpha value is 0.120. The van der Waals surface area contributed by atoms with Gasteiger partial charge in [-0.25, -0.2) is 3.11 Å². The van der Waals surface area contributed by atoms with Crippen molar-refractivity contribution in [3.8, 4) is 0 Å². The lowest BCUT2D eigenvalue weighted by atomic mass is 10.0. The summed E-state index contributed by atoms with van der Waals surface area (Å²) in [4.78, 5) is 10.8. The van der Waals surface area contributed by atoms with Gasteiger partial charge in [0, 0.05) is 41.5 Å². The van der Waals surface area contributed by atoms with E-state index >= 15 is 0 Å². The molecule has 1 heterocycles. The Kier molecular flexibility index (Phi) is 2.95. The molecule has 12 heavy (non-hydrogen) atoms. The maximum Gasteiger partial charge on any atom is 0.323 e. The second kappa shape index (κ2) is 3.47. The highest BCUT2D eigenvalue weighted by molar-refractivity contribution is 14.1. The van der Waals surface area contributed by atoms with Crippen LogP contribution in [0.15, 0.2) is 0 Å². The molecule has 0 aromatic carbocycles. The number of hydrogen-bond donors (Lipinski definition) is 2. The second-order valence-electron chi connectivity index (χ2n) is 3.61. The molecule has 1 fully saturated rings. The quantitative estimate of drug-likeness (QED) is 0.543. The maximum absolute atomic E-state index is 10.8. The van der Waals surface area contributed by atoms with Gasteiger partial charge >= 0.3 is 5.97 Å². The number of halogens is 1. The summed E-state index contributed by atoms with van der Waals surface area (Å²) in [5.41, 5.74) is -0.0815. The monoisotopic (exact) mass is 284 g/mol. The SMILES string of the molecule is CC1(C)CNCC(C(=O)O)N1I. The molecule has 2 N–H and O–H groups in total. The third kappa shape index (κ3) is 1.89. The summed E-state index contributed by atoms with van der Waals surface area (Å²) in [5.74, 6) is -0.760. The minimum absolute atomic E-state index is 0.0815. The van der Waals surface area contributed by atoms with Crippen LogP contribution < -0.4 is 5.32 Å². The summed E-state index contributed by atoms with van der Waals surface area (Å²) in [5, 5.41) is 12.0. The highest BCUT2D eigenvalue weighted by Crippen LogP contribution is 2.24. The number of rotatable bonds is 1. The normalized spacial score (nSPS) is 30.1. The van der Waals surface area contributed by atoms with E-state index in [9.17, 15) is 4.79 Å². The Labute approximate surface area is 85.8 Å². The van der Waals surface area contributed by atoms with Crippen molar-refractivity contribution in [1.29, 1.82) is 0 Å². The van der Waals surface area contributed by atoms with Crippen molar-refractivity contribution in [3.05, 3.63) is 0 Å². The first kappa shape index (κ1) is 10.2. The topological polar surface area (TPSA) is 52.6 Å². The number of hydrogen-bond acceptors (Lipinski definition) is 3. The average Bonchev–Trinajstić information content (AvgIpc) is 1.94. The van der Waals surface area contributed by atoms with Gasteiger partial charge in [-0.2, -0.15) is 0 Å². The molecule has 1 aliphatic rings. The van der Waals surface area contributed by atoms with Gasteiger partial charge in [-0.3, -0.25) is 4.79 Å². The Morgan fingerprint density at radius 2 is 2.33 bits per heavy atom. The van der Waals surface area contributed by atoms with Crippen LogP contribution in [0.5, 0.6) is 0 Å². The van der Waals surface area contributed by atoms with E-state index in [-0.39, 0.29) is 5.54 Å². The van der Waals surface area contributed by atoms with Crippen molar-refractivity contribution in [3.63, 3.8) is 0 Å². The summed E-state index contributed by atoms with van der Waals surface area (Å²) in [7, 11) is 0. The smallest absolute Gasteiger partial charge is 0.323 e. The fraction of sp³-hybridized carbons (Fsp3) is 0.857. The molecule has 0 saturated carbocycles. The largest absolute Gasteiger partial charge is 0.480 e. The molecule has 1 aliphatic heterocycles. The lowest BCUT2D eigenvalue weighted by Crippen LogP contribution is -2.61. The Balaban J connectivity index is 2.73. The summed E-state index contributed by atoms with van der Waals surface area (Å²) in [6, 6.07) is -0.408. The molecule has 0 amide bonds. The van der Waals surface area contributed by atoms with E-state index < -0.39 is 12.0 Å². The van der Waals surface area contributed by atoms with E-state index in [0.717, 1.165) is 6.54 Å². The molecule has 0 spiro atoms. The van der Waals surface area contributed by atoms with Gasteiger partial charge in [0.1, 0.15) is 6.04 Å². The maximum atomic E-state index is 10.8. The molecule has 1 atom stereocenters. The van der Waals surface area contributed by atoms with Crippen LogP contribution in [0, 0.1) is 0 Å². The van der Waals surface area contributed by atoms with Crippen LogP contribution in [0.2, 0.25) is 0 Å². The van der Waals surface area contributed by atoms with Gasteiger partial charge in [0.2, 0.25) is 0 Å². The minimum atomic E-state index is -0.760.